The van der Waals surface area contributed by atoms with E-state index in [0.29, 0.717) is 12.8 Å². The molecule has 0 bridgehead atoms. The van der Waals surface area contributed by atoms with Gasteiger partial charge in [-0.3, -0.25) is 23.4 Å². The lowest BCUT2D eigenvalue weighted by Crippen LogP contribution is -2.34. The lowest BCUT2D eigenvalue weighted by atomic mass is 10.1. The van der Waals surface area contributed by atoms with Gasteiger partial charge in [0.25, 0.3) is 0 Å². The third kappa shape index (κ3) is 40.3. The number of ether oxygens (including phenoxy) is 2. The first-order valence-electron chi connectivity index (χ1n) is 22.5. The second kappa shape index (κ2) is 40.5. The summed E-state index contributed by atoms with van der Waals surface area (Å²) >= 11 is 0. The van der Waals surface area contributed by atoms with Crippen LogP contribution in [0.25, 0.3) is 0 Å². The third-order valence-corrected chi connectivity index (χ3v) is 10.6. The van der Waals surface area contributed by atoms with E-state index in [1.54, 1.807) is 0 Å². The van der Waals surface area contributed by atoms with Crippen LogP contribution in [0.5, 0.6) is 0 Å². The van der Waals surface area contributed by atoms with E-state index in [1.807, 2.05) is 0 Å². The van der Waals surface area contributed by atoms with Crippen molar-refractivity contribution in [3.05, 3.63) is 36.5 Å². The van der Waals surface area contributed by atoms with Gasteiger partial charge in [-0.05, 0) is 70.6 Å². The van der Waals surface area contributed by atoms with Crippen molar-refractivity contribution in [2.45, 2.75) is 212 Å². The van der Waals surface area contributed by atoms with E-state index in [-0.39, 0.29) is 19.4 Å². The highest BCUT2D eigenvalue weighted by atomic mass is 31.2. The summed E-state index contributed by atoms with van der Waals surface area (Å²) < 4.78 is 32.7. The fourth-order valence-electron chi connectivity index (χ4n) is 6.03. The fourth-order valence-corrected chi connectivity index (χ4v) is 6.81. The van der Waals surface area contributed by atoms with E-state index in [2.05, 4.69) is 54.8 Å². The monoisotopic (exact) mass is 828 g/mol. The second-order valence-corrected chi connectivity index (χ2v) is 16.6. The molecule has 0 aliphatic rings. The minimum Gasteiger partial charge on any atom is -0.480 e. The number of phosphoric acid groups is 1. The number of hydrogen-bond donors (Lipinski definition) is 3. The van der Waals surface area contributed by atoms with Crippen LogP contribution in [0.15, 0.2) is 36.5 Å². The molecule has 0 aliphatic heterocycles. The number of carbonyl (C=O) groups excluding carboxylic acids is 2. The van der Waals surface area contributed by atoms with Crippen LogP contribution in [-0.2, 0) is 37.5 Å². The van der Waals surface area contributed by atoms with Crippen molar-refractivity contribution in [2.24, 2.45) is 5.73 Å². The molecule has 0 radical (unpaired) electrons. The predicted octanol–water partition coefficient (Wildman–Crippen LogP) is 12.0. The highest BCUT2D eigenvalue weighted by molar-refractivity contribution is 7.47. The van der Waals surface area contributed by atoms with Crippen LogP contribution in [0.4, 0.5) is 0 Å². The maximum atomic E-state index is 12.6. The largest absolute Gasteiger partial charge is 0.480 e. The lowest BCUT2D eigenvalue weighted by molar-refractivity contribution is -0.161. The molecule has 4 N–H and O–H groups in total. The van der Waals surface area contributed by atoms with Gasteiger partial charge in [0.15, 0.2) is 6.10 Å². The minimum atomic E-state index is -4.72. The summed E-state index contributed by atoms with van der Waals surface area (Å²) in [6.07, 6.45) is 43.4. The predicted molar refractivity (Wildman–Crippen MR) is 231 cm³/mol. The average molecular weight is 828 g/mol. The van der Waals surface area contributed by atoms with Gasteiger partial charge in [-0.15, -0.1) is 0 Å². The molecule has 0 aromatic heterocycles. The van der Waals surface area contributed by atoms with Crippen molar-refractivity contribution in [3.8, 4) is 0 Å². The molecule has 332 valence electrons. The highest BCUT2D eigenvalue weighted by Gasteiger charge is 2.28. The Kier molecular flexibility index (Phi) is 38.8. The molecule has 0 aromatic carbocycles. The number of unbranched alkanes of at least 4 members (excludes halogenated alkanes) is 22. The average Bonchev–Trinajstić information content (AvgIpc) is 3.19. The van der Waals surface area contributed by atoms with E-state index in [1.165, 1.54) is 89.9 Å². The molecule has 0 aliphatic carbocycles. The maximum absolute atomic E-state index is 12.6. The molecule has 57 heavy (non-hydrogen) atoms. The van der Waals surface area contributed by atoms with Crippen molar-refractivity contribution in [2.75, 3.05) is 19.8 Å². The maximum Gasteiger partial charge on any atom is 0.472 e. The van der Waals surface area contributed by atoms with E-state index in [4.69, 9.17) is 24.8 Å². The zero-order chi connectivity index (χ0) is 42.1. The van der Waals surface area contributed by atoms with Gasteiger partial charge in [-0.25, -0.2) is 4.57 Å². The number of esters is 2. The van der Waals surface area contributed by atoms with Crippen molar-refractivity contribution >= 4 is 25.7 Å². The smallest absolute Gasteiger partial charge is 0.472 e. The molecule has 0 saturated heterocycles. The normalized spacial score (nSPS) is 14.0. The lowest BCUT2D eigenvalue weighted by Gasteiger charge is -2.20. The zero-order valence-electron chi connectivity index (χ0n) is 35.9. The molecule has 0 amide bonds. The van der Waals surface area contributed by atoms with E-state index in [0.717, 1.165) is 70.6 Å². The molecule has 11 nitrogen and oxygen atoms in total. The van der Waals surface area contributed by atoms with Crippen molar-refractivity contribution < 1.29 is 47.5 Å². The number of nitrogens with two attached hydrogens (primary N) is 1. The van der Waals surface area contributed by atoms with Crippen LogP contribution in [0.3, 0.4) is 0 Å². The first-order chi connectivity index (χ1) is 27.6. The molecule has 0 aromatic rings. The fraction of sp³-hybridized carbons (Fsp3) is 0.800. The minimum absolute atomic E-state index is 0.151. The SMILES string of the molecule is CCCCC/C=C/C/C=C/CCCCCCCCCCCC(=O)OC[C@@H](COP(=O)(O)OC[C@@H](N)C(=O)O)OC(=O)CCCCCCC/C=C/CCCCCCC. The number of phosphoric ester groups is 1. The van der Waals surface area contributed by atoms with Crippen LogP contribution >= 0.6 is 7.82 Å². The Labute approximate surface area is 346 Å². The van der Waals surface area contributed by atoms with Crippen LogP contribution in [0, 0.1) is 0 Å². The Morgan fingerprint density at radius 1 is 0.544 bits per heavy atom. The van der Waals surface area contributed by atoms with Crippen molar-refractivity contribution in [1.82, 2.24) is 0 Å². The van der Waals surface area contributed by atoms with Crippen molar-refractivity contribution in [1.29, 1.82) is 0 Å². The van der Waals surface area contributed by atoms with Gasteiger partial charge in [0, 0.05) is 12.8 Å². The summed E-state index contributed by atoms with van der Waals surface area (Å²) in [4.78, 5) is 46.0. The molecule has 0 heterocycles. The quantitative estimate of drug-likeness (QED) is 0.0231. The molecular weight excluding hydrogens is 745 g/mol. The number of carboxylic acids is 1. The number of aliphatic carboxylic acids is 1. The van der Waals surface area contributed by atoms with E-state index >= 15 is 0 Å². The van der Waals surface area contributed by atoms with Crippen LogP contribution < -0.4 is 5.73 Å². The van der Waals surface area contributed by atoms with Gasteiger partial charge in [0.05, 0.1) is 13.2 Å². The number of allylic oxidation sites excluding steroid dienone is 6. The number of carboxylic acid groups (broad SMARTS) is 1. The van der Waals surface area contributed by atoms with Crippen LogP contribution in [0.1, 0.15) is 200 Å². The second-order valence-electron chi connectivity index (χ2n) is 15.2. The molecule has 1 unspecified atom stereocenters. The highest BCUT2D eigenvalue weighted by Crippen LogP contribution is 2.43. The zero-order valence-corrected chi connectivity index (χ0v) is 36.8. The van der Waals surface area contributed by atoms with Gasteiger partial charge in [0.2, 0.25) is 0 Å². The Hall–Kier alpha value is -2.30. The first-order valence-corrected chi connectivity index (χ1v) is 24.0. The molecule has 0 rings (SSSR count). The number of hydrogen-bond acceptors (Lipinski definition) is 9. The van der Waals surface area contributed by atoms with Gasteiger partial charge < -0.3 is 25.2 Å². The Morgan fingerprint density at radius 3 is 1.42 bits per heavy atom. The van der Waals surface area contributed by atoms with Gasteiger partial charge >= 0.3 is 25.7 Å². The topological polar surface area (TPSA) is 172 Å². The summed E-state index contributed by atoms with van der Waals surface area (Å²) in [6, 6.07) is -1.52. The summed E-state index contributed by atoms with van der Waals surface area (Å²) in [7, 11) is -4.72. The molecule has 0 fully saturated rings. The Morgan fingerprint density at radius 2 is 0.930 bits per heavy atom. The summed E-state index contributed by atoms with van der Waals surface area (Å²) in [5.74, 6) is -2.39. The molecule has 3 atom stereocenters. The Bertz CT molecular complexity index is 1110. The van der Waals surface area contributed by atoms with Crippen LogP contribution in [0.2, 0.25) is 0 Å². The van der Waals surface area contributed by atoms with Gasteiger partial charge in [-0.2, -0.15) is 0 Å². The molecule has 12 heteroatoms. The van der Waals surface area contributed by atoms with Gasteiger partial charge in [0.1, 0.15) is 12.6 Å². The third-order valence-electron chi connectivity index (χ3n) is 9.61. The number of carbonyl (C=O) groups is 3. The Balaban J connectivity index is 4.33. The van der Waals surface area contributed by atoms with Gasteiger partial charge in [-0.1, -0.05) is 153 Å². The van der Waals surface area contributed by atoms with E-state index < -0.39 is 51.1 Å². The standard InChI is InChI=1S/C45H82NO10P/c1-3-5-7-9-11-13-15-17-19-20-21-22-23-25-26-28-30-32-34-36-43(47)53-38-41(39-54-57(51,52)55-40-42(46)45(49)50)56-44(48)37-35-33-31-29-27-24-18-16-14-12-10-8-6-4-2/h11,13,16-19,41-42H,3-10,12,14-15,20-40,46H2,1-2H3,(H,49,50)(H,51,52)/b13-11+,18-16+,19-17+/t41-,42+/m0/s1. The van der Waals surface area contributed by atoms with E-state index in [9.17, 15) is 23.8 Å². The molecule has 0 saturated carbocycles. The van der Waals surface area contributed by atoms with Crippen LogP contribution in [-0.4, -0.2) is 59.9 Å². The first kappa shape index (κ1) is 54.7. The summed E-state index contributed by atoms with van der Waals surface area (Å²) in [6.45, 7) is 2.76. The number of rotatable bonds is 42. The molecule has 0 spiro atoms. The summed E-state index contributed by atoms with van der Waals surface area (Å²) in [5, 5.41) is 8.89. The van der Waals surface area contributed by atoms with Crippen molar-refractivity contribution in [3.63, 3.8) is 0 Å². The summed E-state index contributed by atoms with van der Waals surface area (Å²) in [5.41, 5.74) is 5.33. The molecular formula is C45H82NO10P.